The Hall–Kier alpha value is -1.62. The molecule has 1 aromatic carbocycles. The van der Waals surface area contributed by atoms with Gasteiger partial charge in [0.25, 0.3) is 0 Å². The van der Waals surface area contributed by atoms with Gasteiger partial charge in [-0.2, -0.15) is 5.10 Å². The molecule has 22 heavy (non-hydrogen) atoms. The van der Waals surface area contributed by atoms with E-state index < -0.39 is 0 Å². The molecule has 118 valence electrons. The fourth-order valence-electron chi connectivity index (χ4n) is 2.26. The quantitative estimate of drug-likeness (QED) is 0.818. The van der Waals surface area contributed by atoms with Crippen LogP contribution in [0.15, 0.2) is 41.1 Å². The average Bonchev–Trinajstić information content (AvgIpc) is 2.90. The third-order valence-electron chi connectivity index (χ3n) is 3.52. The first kappa shape index (κ1) is 16.7. The van der Waals surface area contributed by atoms with Crippen LogP contribution < -0.4 is 5.32 Å². The lowest BCUT2D eigenvalue weighted by molar-refractivity contribution is -0.122. The predicted octanol–water partition coefficient (Wildman–Crippen LogP) is 3.48. The van der Waals surface area contributed by atoms with Crippen molar-refractivity contribution in [3.63, 3.8) is 0 Å². The van der Waals surface area contributed by atoms with E-state index in [0.717, 1.165) is 22.9 Å². The van der Waals surface area contributed by atoms with Gasteiger partial charge in [-0.05, 0) is 49.9 Å². The van der Waals surface area contributed by atoms with Crippen LogP contribution in [0.25, 0.3) is 0 Å². The van der Waals surface area contributed by atoms with E-state index in [0.29, 0.717) is 13.0 Å². The van der Waals surface area contributed by atoms with Crippen molar-refractivity contribution in [2.75, 3.05) is 0 Å². The molecule has 0 aliphatic carbocycles. The van der Waals surface area contributed by atoms with Crippen molar-refractivity contribution in [2.45, 2.75) is 45.7 Å². The van der Waals surface area contributed by atoms with Gasteiger partial charge in [-0.3, -0.25) is 9.48 Å². The van der Waals surface area contributed by atoms with Crippen LogP contribution in [0.4, 0.5) is 0 Å². The Labute approximate surface area is 140 Å². The number of nitrogens with one attached hydrogen (secondary N) is 1. The Balaban J connectivity index is 1.68. The van der Waals surface area contributed by atoms with Gasteiger partial charge < -0.3 is 5.32 Å². The summed E-state index contributed by atoms with van der Waals surface area (Å²) >= 11 is 3.43. The topological polar surface area (TPSA) is 46.9 Å². The van der Waals surface area contributed by atoms with Crippen molar-refractivity contribution in [1.82, 2.24) is 15.1 Å². The zero-order chi connectivity index (χ0) is 15.9. The second kappa shape index (κ2) is 8.13. The van der Waals surface area contributed by atoms with Crippen LogP contribution in [0.3, 0.4) is 0 Å². The maximum Gasteiger partial charge on any atom is 0.222 e. The van der Waals surface area contributed by atoms with E-state index in [2.05, 4.69) is 45.4 Å². The zero-order valence-corrected chi connectivity index (χ0v) is 14.6. The lowest BCUT2D eigenvalue weighted by Crippen LogP contribution is -2.33. The van der Waals surface area contributed by atoms with Gasteiger partial charge in [0.1, 0.15) is 0 Å². The van der Waals surface area contributed by atoms with Crippen LogP contribution in [-0.2, 0) is 17.8 Å². The number of halogens is 1. The molecule has 0 saturated carbocycles. The Morgan fingerprint density at radius 3 is 2.73 bits per heavy atom. The van der Waals surface area contributed by atoms with E-state index in [-0.39, 0.29) is 11.9 Å². The Morgan fingerprint density at radius 2 is 2.09 bits per heavy atom. The fraction of sp³-hybridized carbons (Fsp3) is 0.412. The molecule has 1 amide bonds. The molecule has 0 bridgehead atoms. The predicted molar refractivity (Wildman–Crippen MR) is 91.6 cm³/mol. The molecule has 0 saturated heterocycles. The van der Waals surface area contributed by atoms with E-state index >= 15 is 0 Å². The first-order valence-electron chi connectivity index (χ1n) is 7.56. The molecule has 0 aliphatic rings. The summed E-state index contributed by atoms with van der Waals surface area (Å²) < 4.78 is 2.90. The van der Waals surface area contributed by atoms with E-state index in [1.807, 2.05) is 25.3 Å². The number of aromatic nitrogens is 2. The largest absolute Gasteiger partial charge is 0.354 e. The number of rotatable bonds is 7. The molecule has 0 spiro atoms. The smallest absolute Gasteiger partial charge is 0.222 e. The van der Waals surface area contributed by atoms with Crippen LogP contribution in [0.2, 0.25) is 0 Å². The van der Waals surface area contributed by atoms with Crippen molar-refractivity contribution >= 4 is 21.8 Å². The fourth-order valence-corrected chi connectivity index (χ4v) is 2.52. The first-order chi connectivity index (χ1) is 10.5. The number of amides is 1. The number of benzene rings is 1. The van der Waals surface area contributed by atoms with Gasteiger partial charge in [0.15, 0.2) is 0 Å². The molecular weight excluding hydrogens is 342 g/mol. The van der Waals surface area contributed by atoms with Crippen LogP contribution >= 0.6 is 15.9 Å². The summed E-state index contributed by atoms with van der Waals surface area (Å²) in [6.07, 6.45) is 6.12. The average molecular weight is 364 g/mol. The summed E-state index contributed by atoms with van der Waals surface area (Å²) in [5.74, 6) is 0.0801. The van der Waals surface area contributed by atoms with Crippen molar-refractivity contribution in [2.24, 2.45) is 0 Å². The van der Waals surface area contributed by atoms with Gasteiger partial charge in [-0.1, -0.05) is 28.1 Å². The summed E-state index contributed by atoms with van der Waals surface area (Å²) in [4.78, 5) is 11.9. The molecule has 2 rings (SSSR count). The molecule has 0 aliphatic heterocycles. The van der Waals surface area contributed by atoms with Crippen molar-refractivity contribution in [3.05, 3.63) is 52.3 Å². The van der Waals surface area contributed by atoms with Gasteiger partial charge in [0.05, 0.1) is 6.20 Å². The minimum atomic E-state index is 0.0801. The number of nitrogens with zero attached hydrogens (tertiary/aromatic N) is 2. The van der Waals surface area contributed by atoms with Crippen molar-refractivity contribution in [1.29, 1.82) is 0 Å². The van der Waals surface area contributed by atoms with Crippen LogP contribution in [0.1, 0.15) is 30.9 Å². The SMILES string of the molecule is Cc1cnn(CCC(=O)NC(C)CCc2ccc(Br)cc2)c1. The number of hydrogen-bond acceptors (Lipinski definition) is 2. The maximum absolute atomic E-state index is 11.9. The monoisotopic (exact) mass is 363 g/mol. The highest BCUT2D eigenvalue weighted by atomic mass is 79.9. The second-order valence-corrected chi connectivity index (χ2v) is 6.58. The molecule has 0 radical (unpaired) electrons. The van der Waals surface area contributed by atoms with E-state index in [1.165, 1.54) is 5.56 Å². The minimum absolute atomic E-state index is 0.0801. The molecule has 4 nitrogen and oxygen atoms in total. The van der Waals surface area contributed by atoms with Crippen LogP contribution in [0.5, 0.6) is 0 Å². The molecule has 5 heteroatoms. The number of carbonyl (C=O) groups excluding carboxylic acids is 1. The molecule has 1 atom stereocenters. The summed E-state index contributed by atoms with van der Waals surface area (Å²) in [6, 6.07) is 8.49. The maximum atomic E-state index is 11.9. The van der Waals surface area contributed by atoms with E-state index in [9.17, 15) is 4.79 Å². The summed E-state index contributed by atoms with van der Waals surface area (Å²) in [7, 11) is 0. The number of hydrogen-bond donors (Lipinski definition) is 1. The molecule has 2 aromatic rings. The molecule has 1 N–H and O–H groups in total. The summed E-state index contributed by atoms with van der Waals surface area (Å²) in [6.45, 7) is 4.67. The third kappa shape index (κ3) is 5.64. The standard InChI is InChI=1S/C17H22BrN3O/c1-13-11-19-21(12-13)10-9-17(22)20-14(2)3-4-15-5-7-16(18)8-6-15/h5-8,11-12,14H,3-4,9-10H2,1-2H3,(H,20,22). The molecule has 0 fully saturated rings. The minimum Gasteiger partial charge on any atom is -0.354 e. The molecule has 1 heterocycles. The van der Waals surface area contributed by atoms with Gasteiger partial charge in [-0.25, -0.2) is 0 Å². The summed E-state index contributed by atoms with van der Waals surface area (Å²) in [5, 5.41) is 7.23. The Bertz CT molecular complexity index is 607. The van der Waals surface area contributed by atoms with Crippen LogP contribution in [-0.4, -0.2) is 21.7 Å². The summed E-state index contributed by atoms with van der Waals surface area (Å²) in [5.41, 5.74) is 2.40. The molecule has 1 unspecified atom stereocenters. The third-order valence-corrected chi connectivity index (χ3v) is 4.05. The molecular formula is C17H22BrN3O. The second-order valence-electron chi connectivity index (χ2n) is 5.66. The first-order valence-corrected chi connectivity index (χ1v) is 8.35. The van der Waals surface area contributed by atoms with Crippen molar-refractivity contribution < 1.29 is 4.79 Å². The highest BCUT2D eigenvalue weighted by Gasteiger charge is 2.08. The molecule has 1 aromatic heterocycles. The van der Waals surface area contributed by atoms with Gasteiger partial charge in [0, 0.05) is 29.7 Å². The number of aryl methyl sites for hydroxylation is 3. The van der Waals surface area contributed by atoms with Gasteiger partial charge >= 0.3 is 0 Å². The lowest BCUT2D eigenvalue weighted by atomic mass is 10.1. The van der Waals surface area contributed by atoms with E-state index in [1.54, 1.807) is 10.9 Å². The van der Waals surface area contributed by atoms with E-state index in [4.69, 9.17) is 0 Å². The Kier molecular flexibility index (Phi) is 6.19. The zero-order valence-electron chi connectivity index (χ0n) is 13.1. The normalized spacial score (nSPS) is 12.1. The van der Waals surface area contributed by atoms with Gasteiger partial charge in [0.2, 0.25) is 5.91 Å². The lowest BCUT2D eigenvalue weighted by Gasteiger charge is -2.14. The highest BCUT2D eigenvalue weighted by molar-refractivity contribution is 9.10. The number of carbonyl (C=O) groups is 1. The Morgan fingerprint density at radius 1 is 1.36 bits per heavy atom. The van der Waals surface area contributed by atoms with Gasteiger partial charge in [-0.15, -0.1) is 0 Å². The highest BCUT2D eigenvalue weighted by Crippen LogP contribution is 2.12. The van der Waals surface area contributed by atoms with Crippen molar-refractivity contribution in [3.8, 4) is 0 Å². The van der Waals surface area contributed by atoms with Crippen LogP contribution in [0, 0.1) is 6.92 Å².